The van der Waals surface area contributed by atoms with E-state index >= 15 is 0 Å². The summed E-state index contributed by atoms with van der Waals surface area (Å²) in [6.45, 7) is 3.88. The van der Waals surface area contributed by atoms with Crippen LogP contribution in [-0.4, -0.2) is 21.9 Å². The second-order valence-electron chi connectivity index (χ2n) is 6.38. The number of thiazole rings is 1. The van der Waals surface area contributed by atoms with Crippen LogP contribution < -0.4 is 10.1 Å². The summed E-state index contributed by atoms with van der Waals surface area (Å²) >= 11 is 1.34. The first-order valence-electron chi connectivity index (χ1n) is 8.67. The molecule has 0 saturated heterocycles. The number of nitrogens with zero attached hydrogens (tertiary/aromatic N) is 2. The maximum Gasteiger partial charge on any atom is 0.269 e. The van der Waals surface area contributed by atoms with Gasteiger partial charge in [-0.15, -0.1) is 11.3 Å². The molecule has 0 fully saturated rings. The normalized spacial score (nSPS) is 10.7. The topological polar surface area (TPSA) is 94.4 Å². The van der Waals surface area contributed by atoms with Gasteiger partial charge in [0.25, 0.3) is 11.6 Å². The Morgan fingerprint density at radius 3 is 2.68 bits per heavy atom. The third-order valence-electron chi connectivity index (χ3n) is 3.76. The van der Waals surface area contributed by atoms with Crippen LogP contribution in [0.2, 0.25) is 0 Å². The summed E-state index contributed by atoms with van der Waals surface area (Å²) in [5, 5.41) is 14.1. The highest BCUT2D eigenvalue weighted by atomic mass is 32.1. The zero-order valence-electron chi connectivity index (χ0n) is 15.4. The van der Waals surface area contributed by atoms with Crippen molar-refractivity contribution in [1.29, 1.82) is 0 Å². The van der Waals surface area contributed by atoms with Gasteiger partial charge in [0.15, 0.2) is 5.13 Å². The zero-order valence-corrected chi connectivity index (χ0v) is 16.2. The van der Waals surface area contributed by atoms with Gasteiger partial charge in [-0.05, 0) is 43.7 Å². The molecule has 28 heavy (non-hydrogen) atoms. The molecule has 0 spiro atoms. The molecule has 0 aliphatic carbocycles. The average Bonchev–Trinajstić information content (AvgIpc) is 3.08. The van der Waals surface area contributed by atoms with Gasteiger partial charge in [-0.2, -0.15) is 0 Å². The molecule has 2 aromatic carbocycles. The number of hydrogen-bond acceptors (Lipinski definition) is 6. The number of hydrogen-bond donors (Lipinski definition) is 1. The fourth-order valence-corrected chi connectivity index (χ4v) is 3.40. The quantitative estimate of drug-likeness (QED) is 0.461. The van der Waals surface area contributed by atoms with Gasteiger partial charge in [0.2, 0.25) is 0 Å². The number of amides is 1. The van der Waals surface area contributed by atoms with Crippen LogP contribution in [0.5, 0.6) is 5.75 Å². The monoisotopic (exact) mass is 397 g/mol. The van der Waals surface area contributed by atoms with Gasteiger partial charge in [-0.3, -0.25) is 20.2 Å². The smallest absolute Gasteiger partial charge is 0.269 e. The SMILES string of the molecule is CC(C)Oc1ccc(C(=O)Nc2ncc(Cc3cccc([N+](=O)[O-])c3)s2)cc1. The van der Waals surface area contributed by atoms with Gasteiger partial charge in [0, 0.05) is 35.2 Å². The number of nitro groups is 1. The summed E-state index contributed by atoms with van der Waals surface area (Å²) in [5.74, 6) is 0.451. The first kappa shape index (κ1) is 19.5. The van der Waals surface area contributed by atoms with Crippen molar-refractivity contribution in [3.8, 4) is 5.75 Å². The Morgan fingerprint density at radius 1 is 1.25 bits per heavy atom. The van der Waals surface area contributed by atoms with Crippen LogP contribution in [0, 0.1) is 10.1 Å². The van der Waals surface area contributed by atoms with Crippen LogP contribution in [0.3, 0.4) is 0 Å². The molecule has 8 heteroatoms. The number of rotatable bonds is 7. The molecule has 1 aromatic heterocycles. The highest BCUT2D eigenvalue weighted by Crippen LogP contribution is 2.24. The fraction of sp³-hybridized carbons (Fsp3) is 0.200. The predicted octanol–water partition coefficient (Wildman–Crippen LogP) is 4.68. The molecule has 0 saturated carbocycles. The van der Waals surface area contributed by atoms with Crippen molar-refractivity contribution >= 4 is 28.1 Å². The predicted molar refractivity (Wildman–Crippen MR) is 108 cm³/mol. The molecule has 1 N–H and O–H groups in total. The van der Waals surface area contributed by atoms with Crippen molar-refractivity contribution in [3.63, 3.8) is 0 Å². The fourth-order valence-electron chi connectivity index (χ4n) is 2.55. The summed E-state index contributed by atoms with van der Waals surface area (Å²) in [7, 11) is 0. The lowest BCUT2D eigenvalue weighted by Gasteiger charge is -2.09. The van der Waals surface area contributed by atoms with E-state index in [4.69, 9.17) is 4.74 Å². The number of nitrogens with one attached hydrogen (secondary N) is 1. The van der Waals surface area contributed by atoms with Crippen molar-refractivity contribution < 1.29 is 14.5 Å². The van der Waals surface area contributed by atoms with Crippen LogP contribution in [0.25, 0.3) is 0 Å². The summed E-state index contributed by atoms with van der Waals surface area (Å²) in [4.78, 5) is 28.0. The first-order chi connectivity index (χ1) is 13.4. The lowest BCUT2D eigenvalue weighted by atomic mass is 10.1. The summed E-state index contributed by atoms with van der Waals surface area (Å²) in [6.07, 6.45) is 2.24. The minimum atomic E-state index is -0.417. The first-order valence-corrected chi connectivity index (χ1v) is 9.48. The summed E-state index contributed by atoms with van der Waals surface area (Å²) in [5.41, 5.74) is 1.38. The number of benzene rings is 2. The summed E-state index contributed by atoms with van der Waals surface area (Å²) < 4.78 is 5.57. The van der Waals surface area contributed by atoms with E-state index in [1.54, 1.807) is 42.6 Å². The largest absolute Gasteiger partial charge is 0.491 e. The third-order valence-corrected chi connectivity index (χ3v) is 4.67. The lowest BCUT2D eigenvalue weighted by molar-refractivity contribution is -0.384. The van der Waals surface area contributed by atoms with Crippen LogP contribution >= 0.6 is 11.3 Å². The minimum absolute atomic E-state index is 0.0560. The lowest BCUT2D eigenvalue weighted by Crippen LogP contribution is -2.11. The maximum absolute atomic E-state index is 12.4. The second-order valence-corrected chi connectivity index (χ2v) is 7.50. The average molecular weight is 397 g/mol. The van der Waals surface area contributed by atoms with Crippen molar-refractivity contribution in [2.24, 2.45) is 0 Å². The van der Waals surface area contributed by atoms with E-state index in [-0.39, 0.29) is 17.7 Å². The Labute approximate surface area is 166 Å². The number of anilines is 1. The van der Waals surface area contributed by atoms with Crippen LogP contribution in [0.4, 0.5) is 10.8 Å². The van der Waals surface area contributed by atoms with Crippen molar-refractivity contribution in [2.75, 3.05) is 5.32 Å². The van der Waals surface area contributed by atoms with Gasteiger partial charge in [-0.25, -0.2) is 4.98 Å². The molecule has 0 aliphatic rings. The van der Waals surface area contributed by atoms with E-state index in [2.05, 4.69) is 10.3 Å². The Kier molecular flexibility index (Phi) is 6.00. The zero-order chi connectivity index (χ0) is 20.1. The van der Waals surface area contributed by atoms with Crippen LogP contribution in [0.1, 0.15) is 34.6 Å². The number of carbonyl (C=O) groups excluding carboxylic acids is 1. The molecule has 3 aromatic rings. The number of non-ortho nitro benzene ring substituents is 1. The molecule has 7 nitrogen and oxygen atoms in total. The molecular formula is C20H19N3O4S. The molecule has 3 rings (SSSR count). The molecule has 0 radical (unpaired) electrons. The van der Waals surface area contributed by atoms with E-state index in [0.29, 0.717) is 22.9 Å². The van der Waals surface area contributed by atoms with Gasteiger partial charge in [0.05, 0.1) is 11.0 Å². The second kappa shape index (κ2) is 8.62. The third kappa shape index (κ3) is 5.14. The Hall–Kier alpha value is -3.26. The van der Waals surface area contributed by atoms with E-state index in [1.807, 2.05) is 19.9 Å². The van der Waals surface area contributed by atoms with Gasteiger partial charge in [0.1, 0.15) is 5.75 Å². The Morgan fingerprint density at radius 2 is 2.00 bits per heavy atom. The molecule has 144 valence electrons. The number of nitro benzene ring substituents is 1. The van der Waals surface area contributed by atoms with E-state index in [1.165, 1.54) is 17.4 Å². The van der Waals surface area contributed by atoms with Gasteiger partial charge < -0.3 is 4.74 Å². The molecule has 0 unspecified atom stereocenters. The molecule has 1 amide bonds. The minimum Gasteiger partial charge on any atom is -0.491 e. The van der Waals surface area contributed by atoms with Crippen LogP contribution in [0.15, 0.2) is 54.7 Å². The maximum atomic E-state index is 12.4. The van der Waals surface area contributed by atoms with Crippen LogP contribution in [-0.2, 0) is 6.42 Å². The van der Waals surface area contributed by atoms with E-state index in [9.17, 15) is 14.9 Å². The Balaban J connectivity index is 1.63. The number of carbonyl (C=O) groups is 1. The molecule has 0 atom stereocenters. The number of ether oxygens (including phenoxy) is 1. The van der Waals surface area contributed by atoms with Crippen molar-refractivity contribution in [1.82, 2.24) is 4.98 Å². The highest BCUT2D eigenvalue weighted by Gasteiger charge is 2.11. The number of aromatic nitrogens is 1. The van der Waals surface area contributed by atoms with Gasteiger partial charge in [-0.1, -0.05) is 12.1 Å². The molecule has 0 aliphatic heterocycles. The highest BCUT2D eigenvalue weighted by molar-refractivity contribution is 7.15. The van der Waals surface area contributed by atoms with Crippen molar-refractivity contribution in [2.45, 2.75) is 26.4 Å². The Bertz CT molecular complexity index is 983. The molecule has 1 heterocycles. The standard InChI is InChI=1S/C20H19N3O4S/c1-13(2)27-17-8-6-15(7-9-17)19(24)22-20-21-12-18(28-20)11-14-4-3-5-16(10-14)23(25)26/h3-10,12-13H,11H2,1-2H3,(H,21,22,24). The molecular weight excluding hydrogens is 378 g/mol. The molecule has 0 bridgehead atoms. The van der Waals surface area contributed by atoms with Gasteiger partial charge >= 0.3 is 0 Å². The van der Waals surface area contributed by atoms with E-state index < -0.39 is 4.92 Å². The summed E-state index contributed by atoms with van der Waals surface area (Å²) in [6, 6.07) is 13.4. The van der Waals surface area contributed by atoms with E-state index in [0.717, 1.165) is 10.4 Å². The van der Waals surface area contributed by atoms with Crippen molar-refractivity contribution in [3.05, 3.63) is 80.8 Å².